The lowest BCUT2D eigenvalue weighted by Crippen LogP contribution is -2.21. The van der Waals surface area contributed by atoms with Gasteiger partial charge in [0.25, 0.3) is 5.91 Å². The van der Waals surface area contributed by atoms with Crippen LogP contribution in [0.2, 0.25) is 0 Å². The number of benzene rings is 3. The first kappa shape index (κ1) is 21.3. The third kappa shape index (κ3) is 4.70. The van der Waals surface area contributed by atoms with Crippen molar-refractivity contribution < 1.29 is 18.7 Å². The highest BCUT2D eigenvalue weighted by molar-refractivity contribution is 6.32. The highest BCUT2D eigenvalue weighted by Gasteiger charge is 2.28. The minimum atomic E-state index is -0.366. The summed E-state index contributed by atoms with van der Waals surface area (Å²) in [6, 6.07) is 21.3. The number of ether oxygens (including phenoxy) is 2. The Labute approximate surface area is 186 Å². The second-order valence-corrected chi connectivity index (χ2v) is 7.33. The highest BCUT2D eigenvalue weighted by Crippen LogP contribution is 2.31. The predicted octanol–water partition coefficient (Wildman–Crippen LogP) is 5.26. The van der Waals surface area contributed by atoms with E-state index in [4.69, 9.17) is 9.47 Å². The molecule has 6 heteroatoms. The Morgan fingerprint density at radius 1 is 1.00 bits per heavy atom. The molecule has 3 aromatic carbocycles. The molecule has 0 bridgehead atoms. The molecule has 1 aliphatic rings. The van der Waals surface area contributed by atoms with E-state index in [0.29, 0.717) is 35.1 Å². The molecule has 0 aromatic heterocycles. The zero-order valence-electron chi connectivity index (χ0n) is 17.9. The van der Waals surface area contributed by atoms with Crippen molar-refractivity contribution in [2.24, 2.45) is 5.10 Å². The molecule has 1 amide bonds. The molecule has 0 radical (unpaired) electrons. The SMILES string of the molecule is COc1cc(C=C2C(=O)N(c3ccc(F)cc3)N=C2C)ccc1OCCc1ccccc1. The van der Waals surface area contributed by atoms with E-state index in [9.17, 15) is 9.18 Å². The number of amides is 1. The Balaban J connectivity index is 1.49. The third-order valence-corrected chi connectivity index (χ3v) is 5.12. The number of rotatable bonds is 7. The molecular formula is C26H23FN2O3. The molecule has 0 unspecified atom stereocenters. The van der Waals surface area contributed by atoms with E-state index >= 15 is 0 Å². The van der Waals surface area contributed by atoms with E-state index in [2.05, 4.69) is 17.2 Å². The smallest absolute Gasteiger partial charge is 0.280 e. The van der Waals surface area contributed by atoms with Crippen molar-refractivity contribution in [3.8, 4) is 11.5 Å². The van der Waals surface area contributed by atoms with Crippen molar-refractivity contribution in [2.45, 2.75) is 13.3 Å². The van der Waals surface area contributed by atoms with Gasteiger partial charge in [0.1, 0.15) is 5.82 Å². The van der Waals surface area contributed by atoms with Gasteiger partial charge in [-0.25, -0.2) is 4.39 Å². The van der Waals surface area contributed by atoms with Gasteiger partial charge in [0.2, 0.25) is 0 Å². The number of hydrazone groups is 1. The van der Waals surface area contributed by atoms with E-state index in [0.717, 1.165) is 12.0 Å². The standard InChI is InChI=1S/C26H23FN2O3/c1-18-23(26(30)29(28-18)22-11-9-21(27)10-12-22)16-20-8-13-24(25(17-20)31-2)32-15-14-19-6-4-3-5-7-19/h3-13,16-17H,14-15H2,1-2H3. The zero-order chi connectivity index (χ0) is 22.5. The molecule has 0 atom stereocenters. The predicted molar refractivity (Wildman–Crippen MR) is 124 cm³/mol. The fraction of sp³-hybridized carbons (Fsp3) is 0.154. The van der Waals surface area contributed by atoms with Crippen LogP contribution in [0.1, 0.15) is 18.1 Å². The van der Waals surface area contributed by atoms with Gasteiger partial charge in [-0.15, -0.1) is 0 Å². The maximum Gasteiger partial charge on any atom is 0.280 e. The number of methoxy groups -OCH3 is 1. The molecule has 3 aromatic rings. The summed E-state index contributed by atoms with van der Waals surface area (Å²) < 4.78 is 24.6. The second kappa shape index (κ2) is 9.47. The maximum atomic E-state index is 13.2. The van der Waals surface area contributed by atoms with Crippen molar-refractivity contribution in [2.75, 3.05) is 18.7 Å². The lowest BCUT2D eigenvalue weighted by molar-refractivity contribution is -0.114. The summed E-state index contributed by atoms with van der Waals surface area (Å²) in [6.45, 7) is 2.29. The lowest BCUT2D eigenvalue weighted by atomic mass is 10.1. The van der Waals surface area contributed by atoms with E-state index < -0.39 is 0 Å². The largest absolute Gasteiger partial charge is 0.493 e. The summed E-state index contributed by atoms with van der Waals surface area (Å²) in [5, 5.41) is 5.61. The van der Waals surface area contributed by atoms with Crippen LogP contribution in [0.25, 0.3) is 6.08 Å². The summed E-state index contributed by atoms with van der Waals surface area (Å²) in [7, 11) is 1.58. The molecular weight excluding hydrogens is 407 g/mol. The molecule has 1 aliphatic heterocycles. The van der Waals surface area contributed by atoms with Crippen LogP contribution >= 0.6 is 0 Å². The first-order chi connectivity index (χ1) is 15.5. The number of anilines is 1. The van der Waals surface area contributed by atoms with Gasteiger partial charge in [0, 0.05) is 6.42 Å². The summed E-state index contributed by atoms with van der Waals surface area (Å²) in [4.78, 5) is 12.9. The first-order valence-electron chi connectivity index (χ1n) is 10.3. The van der Waals surface area contributed by atoms with E-state index in [-0.39, 0.29) is 11.7 Å². The van der Waals surface area contributed by atoms with Gasteiger partial charge in [-0.05, 0) is 60.5 Å². The number of hydrogen-bond acceptors (Lipinski definition) is 4. The minimum Gasteiger partial charge on any atom is -0.493 e. The minimum absolute atomic E-state index is 0.267. The van der Waals surface area contributed by atoms with Crippen molar-refractivity contribution >= 4 is 23.4 Å². The molecule has 0 fully saturated rings. The Morgan fingerprint density at radius 3 is 2.47 bits per heavy atom. The molecule has 5 nitrogen and oxygen atoms in total. The molecule has 0 saturated carbocycles. The molecule has 0 aliphatic carbocycles. The molecule has 4 rings (SSSR count). The normalized spacial score (nSPS) is 14.6. The second-order valence-electron chi connectivity index (χ2n) is 7.33. The molecule has 0 saturated heterocycles. The van der Waals surface area contributed by atoms with Crippen molar-refractivity contribution in [1.29, 1.82) is 0 Å². The summed E-state index contributed by atoms with van der Waals surface area (Å²) in [5.74, 6) is 0.593. The summed E-state index contributed by atoms with van der Waals surface area (Å²) >= 11 is 0. The maximum absolute atomic E-state index is 13.2. The highest BCUT2D eigenvalue weighted by atomic mass is 19.1. The molecule has 0 spiro atoms. The average molecular weight is 430 g/mol. The van der Waals surface area contributed by atoms with Crippen LogP contribution in [0.15, 0.2) is 83.5 Å². The van der Waals surface area contributed by atoms with Crippen LogP contribution in [-0.2, 0) is 11.2 Å². The number of carbonyl (C=O) groups excluding carboxylic acids is 1. The van der Waals surface area contributed by atoms with Crippen LogP contribution in [0.5, 0.6) is 11.5 Å². The zero-order valence-corrected chi connectivity index (χ0v) is 17.9. The Kier molecular flexibility index (Phi) is 6.31. The van der Waals surface area contributed by atoms with Crippen LogP contribution in [0.3, 0.4) is 0 Å². The van der Waals surface area contributed by atoms with Gasteiger partial charge in [0.15, 0.2) is 11.5 Å². The van der Waals surface area contributed by atoms with Gasteiger partial charge >= 0.3 is 0 Å². The number of halogens is 1. The number of nitrogens with zero attached hydrogens (tertiary/aromatic N) is 2. The summed E-state index contributed by atoms with van der Waals surface area (Å²) in [5.41, 5.74) is 3.55. The third-order valence-electron chi connectivity index (χ3n) is 5.12. The fourth-order valence-corrected chi connectivity index (χ4v) is 3.42. The van der Waals surface area contributed by atoms with Gasteiger partial charge in [-0.2, -0.15) is 10.1 Å². The van der Waals surface area contributed by atoms with Crippen molar-refractivity contribution in [1.82, 2.24) is 0 Å². The number of carbonyl (C=O) groups is 1. The van der Waals surface area contributed by atoms with E-state index in [1.807, 2.05) is 36.4 Å². The molecule has 162 valence electrons. The molecule has 0 N–H and O–H groups in total. The Hall–Kier alpha value is -3.93. The van der Waals surface area contributed by atoms with E-state index in [1.54, 1.807) is 20.1 Å². The fourth-order valence-electron chi connectivity index (χ4n) is 3.42. The topological polar surface area (TPSA) is 51.1 Å². The Bertz CT molecular complexity index is 1170. The molecule has 32 heavy (non-hydrogen) atoms. The van der Waals surface area contributed by atoms with Crippen LogP contribution in [-0.4, -0.2) is 25.3 Å². The number of hydrogen-bond donors (Lipinski definition) is 0. The van der Waals surface area contributed by atoms with Crippen LogP contribution in [0.4, 0.5) is 10.1 Å². The van der Waals surface area contributed by atoms with Crippen LogP contribution in [0, 0.1) is 5.82 Å². The quantitative estimate of drug-likeness (QED) is 0.481. The summed E-state index contributed by atoms with van der Waals surface area (Å²) in [6.07, 6.45) is 2.56. The van der Waals surface area contributed by atoms with E-state index in [1.165, 1.54) is 34.8 Å². The van der Waals surface area contributed by atoms with Gasteiger partial charge in [0.05, 0.1) is 30.7 Å². The average Bonchev–Trinajstić information content (AvgIpc) is 3.09. The first-order valence-corrected chi connectivity index (χ1v) is 10.3. The van der Waals surface area contributed by atoms with Gasteiger partial charge in [-0.1, -0.05) is 36.4 Å². The lowest BCUT2D eigenvalue weighted by Gasteiger charge is -2.12. The Morgan fingerprint density at radius 2 is 1.75 bits per heavy atom. The van der Waals surface area contributed by atoms with Gasteiger partial charge in [-0.3, -0.25) is 4.79 Å². The van der Waals surface area contributed by atoms with Gasteiger partial charge < -0.3 is 9.47 Å². The van der Waals surface area contributed by atoms with Crippen molar-refractivity contribution in [3.63, 3.8) is 0 Å². The monoisotopic (exact) mass is 430 g/mol. The van der Waals surface area contributed by atoms with Crippen molar-refractivity contribution in [3.05, 3.63) is 95.3 Å². The van der Waals surface area contributed by atoms with Crippen LogP contribution < -0.4 is 14.5 Å². The molecule has 1 heterocycles.